The summed E-state index contributed by atoms with van der Waals surface area (Å²) in [7, 11) is 0. The number of aryl methyl sites for hydroxylation is 2. The molecule has 0 saturated heterocycles. The zero-order valence-electron chi connectivity index (χ0n) is 13.2. The summed E-state index contributed by atoms with van der Waals surface area (Å²) in [4.78, 5) is 9.84. The molecule has 3 aromatic rings. The number of aromatic nitrogens is 5. The Morgan fingerprint density at radius 2 is 1.38 bits per heavy atom. The molecule has 0 amide bonds. The number of hydrogen-bond donors (Lipinski definition) is 0. The number of halogens is 3. The van der Waals surface area contributed by atoms with E-state index in [0.29, 0.717) is 16.9 Å². The van der Waals surface area contributed by atoms with Gasteiger partial charge in [0.1, 0.15) is 10.3 Å². The highest BCUT2D eigenvalue weighted by molar-refractivity contribution is 9.08. The molecule has 0 atom stereocenters. The first-order valence-corrected chi connectivity index (χ1v) is 9.01. The minimum absolute atomic E-state index is 0.514. The van der Waals surface area contributed by atoms with E-state index in [4.69, 9.17) is 23.2 Å². The molecule has 0 aliphatic carbocycles. The van der Waals surface area contributed by atoms with Crippen molar-refractivity contribution in [3.05, 3.63) is 69.5 Å². The van der Waals surface area contributed by atoms with E-state index >= 15 is 0 Å². The van der Waals surface area contributed by atoms with E-state index in [0.717, 1.165) is 22.3 Å². The Labute approximate surface area is 159 Å². The highest BCUT2D eigenvalue weighted by Crippen LogP contribution is 2.13. The average molecular weight is 429 g/mol. The van der Waals surface area contributed by atoms with Gasteiger partial charge in [-0.2, -0.15) is 15.0 Å². The number of alkyl halides is 1. The second-order valence-electron chi connectivity index (χ2n) is 4.95. The monoisotopic (exact) mass is 427 g/mol. The van der Waals surface area contributed by atoms with E-state index in [1.807, 2.05) is 26.0 Å². The molecule has 0 aliphatic rings. The Balaban J connectivity index is 0.000000185. The zero-order valence-corrected chi connectivity index (χ0v) is 16.3. The molecule has 24 heavy (non-hydrogen) atoms. The second-order valence-corrected chi connectivity index (χ2v) is 6.29. The third-order valence-electron chi connectivity index (χ3n) is 3.24. The van der Waals surface area contributed by atoms with Gasteiger partial charge < -0.3 is 0 Å². The molecule has 0 unspecified atom stereocenters. The topological polar surface area (TPSA) is 56.5 Å². The van der Waals surface area contributed by atoms with Crippen molar-refractivity contribution in [1.29, 1.82) is 0 Å². The first-order chi connectivity index (χ1) is 11.5. The molecule has 0 saturated carbocycles. The van der Waals surface area contributed by atoms with Gasteiger partial charge >= 0.3 is 0 Å². The lowest BCUT2D eigenvalue weighted by Gasteiger charge is -2.03. The minimum atomic E-state index is 0.514. The summed E-state index contributed by atoms with van der Waals surface area (Å²) in [6.07, 6.45) is 3.30. The first kappa shape index (κ1) is 18.8. The summed E-state index contributed by atoms with van der Waals surface area (Å²) in [6.45, 7) is 4.50. The van der Waals surface area contributed by atoms with Gasteiger partial charge in [-0.25, -0.2) is 9.97 Å². The van der Waals surface area contributed by atoms with Crippen molar-refractivity contribution in [3.63, 3.8) is 0 Å². The van der Waals surface area contributed by atoms with Crippen molar-refractivity contribution in [3.8, 4) is 0 Å². The fourth-order valence-electron chi connectivity index (χ4n) is 1.90. The Morgan fingerprint density at radius 3 is 1.83 bits per heavy atom. The molecule has 0 bridgehead atoms. The lowest BCUT2D eigenvalue weighted by Crippen LogP contribution is -2.05. The Bertz CT molecular complexity index is 793. The summed E-state index contributed by atoms with van der Waals surface area (Å²) in [5, 5.41) is 9.95. The van der Waals surface area contributed by atoms with Crippen LogP contribution >= 0.6 is 39.1 Å². The quantitative estimate of drug-likeness (QED) is 0.451. The first-order valence-electron chi connectivity index (χ1n) is 7.13. The SMILES string of the molecule is Cc1nc(Cl)ccc1CBr.Cc1nc(Cl)ccc1Cn1nccn1. The Kier molecular flexibility index (Phi) is 7.15. The fourth-order valence-corrected chi connectivity index (χ4v) is 2.88. The van der Waals surface area contributed by atoms with Crippen molar-refractivity contribution < 1.29 is 0 Å². The minimum Gasteiger partial charge on any atom is -0.241 e. The van der Waals surface area contributed by atoms with Crippen molar-refractivity contribution in [2.75, 3.05) is 0 Å². The van der Waals surface area contributed by atoms with Gasteiger partial charge in [-0.15, -0.1) is 0 Å². The molecular formula is C16H16BrCl2N5. The van der Waals surface area contributed by atoms with Crippen molar-refractivity contribution in [1.82, 2.24) is 25.0 Å². The van der Waals surface area contributed by atoms with Gasteiger partial charge in [-0.3, -0.25) is 0 Å². The molecule has 0 aromatic carbocycles. The lowest BCUT2D eigenvalue weighted by molar-refractivity contribution is 0.588. The zero-order chi connectivity index (χ0) is 17.5. The standard InChI is InChI=1S/C9H9ClN4.C7H7BrClN/c1-7-8(2-3-9(10)13-7)6-14-11-4-5-12-14;1-5-6(4-8)2-3-7(9)10-5/h2-5H,6H2,1H3;2-3H,4H2,1H3. The molecule has 0 radical (unpaired) electrons. The molecule has 0 fully saturated rings. The van der Waals surface area contributed by atoms with E-state index < -0.39 is 0 Å². The van der Waals surface area contributed by atoms with Crippen LogP contribution < -0.4 is 0 Å². The molecule has 3 aromatic heterocycles. The maximum atomic E-state index is 5.75. The third-order valence-corrected chi connectivity index (χ3v) is 4.27. The number of rotatable bonds is 3. The van der Waals surface area contributed by atoms with Gasteiger partial charge in [0.25, 0.3) is 0 Å². The van der Waals surface area contributed by atoms with Crippen LogP contribution in [0.2, 0.25) is 10.3 Å². The molecular weight excluding hydrogens is 413 g/mol. The van der Waals surface area contributed by atoms with E-state index in [1.54, 1.807) is 29.3 Å². The molecule has 0 spiro atoms. The second kappa shape index (κ2) is 9.11. The molecule has 3 rings (SSSR count). The highest BCUT2D eigenvalue weighted by atomic mass is 79.9. The van der Waals surface area contributed by atoms with Gasteiger partial charge in [-0.05, 0) is 37.1 Å². The largest absolute Gasteiger partial charge is 0.241 e. The number of hydrogen-bond acceptors (Lipinski definition) is 4. The van der Waals surface area contributed by atoms with Crippen LogP contribution in [-0.2, 0) is 11.9 Å². The van der Waals surface area contributed by atoms with Crippen LogP contribution in [0.15, 0.2) is 36.7 Å². The van der Waals surface area contributed by atoms with Crippen LogP contribution in [0.5, 0.6) is 0 Å². The van der Waals surface area contributed by atoms with E-state index in [-0.39, 0.29) is 0 Å². The Morgan fingerprint density at radius 1 is 0.875 bits per heavy atom. The summed E-state index contributed by atoms with van der Waals surface area (Å²) in [5.41, 5.74) is 4.16. The summed E-state index contributed by atoms with van der Waals surface area (Å²) >= 11 is 14.7. The Hall–Kier alpha value is -1.50. The van der Waals surface area contributed by atoms with Crippen molar-refractivity contribution >= 4 is 39.1 Å². The van der Waals surface area contributed by atoms with Crippen LogP contribution in [0.1, 0.15) is 22.5 Å². The normalized spacial score (nSPS) is 10.2. The van der Waals surface area contributed by atoms with Crippen LogP contribution in [0, 0.1) is 13.8 Å². The van der Waals surface area contributed by atoms with E-state index in [9.17, 15) is 0 Å². The molecule has 3 heterocycles. The molecule has 5 nitrogen and oxygen atoms in total. The van der Waals surface area contributed by atoms with Crippen LogP contribution in [0.4, 0.5) is 0 Å². The van der Waals surface area contributed by atoms with E-state index in [2.05, 4.69) is 36.1 Å². The maximum Gasteiger partial charge on any atom is 0.129 e. The number of pyridine rings is 2. The summed E-state index contributed by atoms with van der Waals surface area (Å²) in [5.74, 6) is 0. The maximum absolute atomic E-state index is 5.75. The lowest BCUT2D eigenvalue weighted by atomic mass is 10.2. The predicted molar refractivity (Wildman–Crippen MR) is 99.7 cm³/mol. The molecule has 8 heteroatoms. The van der Waals surface area contributed by atoms with Crippen molar-refractivity contribution in [2.24, 2.45) is 0 Å². The van der Waals surface area contributed by atoms with Crippen molar-refractivity contribution in [2.45, 2.75) is 25.7 Å². The average Bonchev–Trinajstić information content (AvgIpc) is 3.04. The van der Waals surface area contributed by atoms with E-state index in [1.165, 1.54) is 5.56 Å². The predicted octanol–water partition coefficient (Wildman–Crippen LogP) is 4.62. The molecule has 126 valence electrons. The van der Waals surface area contributed by atoms with Crippen LogP contribution in [-0.4, -0.2) is 25.0 Å². The van der Waals surface area contributed by atoms with Crippen LogP contribution in [0.25, 0.3) is 0 Å². The summed E-state index contributed by atoms with van der Waals surface area (Å²) < 4.78 is 0. The number of nitrogens with zero attached hydrogens (tertiary/aromatic N) is 5. The summed E-state index contributed by atoms with van der Waals surface area (Å²) in [6, 6.07) is 7.48. The fraction of sp³-hybridized carbons (Fsp3) is 0.250. The van der Waals surface area contributed by atoms with Gasteiger partial charge in [0.15, 0.2) is 0 Å². The third kappa shape index (κ3) is 5.54. The van der Waals surface area contributed by atoms with Gasteiger partial charge in [0, 0.05) is 16.7 Å². The van der Waals surface area contributed by atoms with Gasteiger partial charge in [0.2, 0.25) is 0 Å². The van der Waals surface area contributed by atoms with Gasteiger partial charge in [-0.1, -0.05) is 51.3 Å². The molecule has 0 aliphatic heterocycles. The highest BCUT2D eigenvalue weighted by Gasteiger charge is 2.02. The van der Waals surface area contributed by atoms with Gasteiger partial charge in [0.05, 0.1) is 18.9 Å². The smallest absolute Gasteiger partial charge is 0.129 e. The molecule has 0 N–H and O–H groups in total. The van der Waals surface area contributed by atoms with Crippen LogP contribution in [0.3, 0.4) is 0 Å².